The number of rotatable bonds is 3. The van der Waals surface area contributed by atoms with Crippen LogP contribution in [0.25, 0.3) is 0 Å². The molecular formula is C18H26O4. The molecule has 4 rings (SSSR count). The predicted octanol–water partition coefficient (Wildman–Crippen LogP) is 3.26. The van der Waals surface area contributed by atoms with Crippen molar-refractivity contribution in [1.29, 1.82) is 0 Å². The summed E-state index contributed by atoms with van der Waals surface area (Å²) in [6, 6.07) is 0. The first-order valence-electron chi connectivity index (χ1n) is 8.12. The van der Waals surface area contributed by atoms with Gasteiger partial charge in [0, 0.05) is 5.57 Å². The lowest BCUT2D eigenvalue weighted by molar-refractivity contribution is -0.184. The Hall–Kier alpha value is -1.32. The van der Waals surface area contributed by atoms with Gasteiger partial charge in [0.15, 0.2) is 0 Å². The highest BCUT2D eigenvalue weighted by Gasteiger charge is 2.64. The second kappa shape index (κ2) is 4.84. The first-order chi connectivity index (χ1) is 10.3. The van der Waals surface area contributed by atoms with Crippen LogP contribution in [0.15, 0.2) is 11.6 Å². The summed E-state index contributed by atoms with van der Waals surface area (Å²) in [6.07, 6.45) is 8.11. The van der Waals surface area contributed by atoms with Crippen LogP contribution in [0.2, 0.25) is 0 Å². The van der Waals surface area contributed by atoms with Gasteiger partial charge in [0.2, 0.25) is 0 Å². The summed E-state index contributed by atoms with van der Waals surface area (Å²) in [4.78, 5) is 24.3. The largest absolute Gasteiger partial charge is 0.469 e. The van der Waals surface area contributed by atoms with E-state index in [0.717, 1.165) is 32.1 Å². The maximum absolute atomic E-state index is 12.5. The summed E-state index contributed by atoms with van der Waals surface area (Å²) in [5, 5.41) is 0. The van der Waals surface area contributed by atoms with Gasteiger partial charge in [0.25, 0.3) is 0 Å². The van der Waals surface area contributed by atoms with Crippen LogP contribution in [0, 0.1) is 22.2 Å². The Bertz CT molecular complexity index is 551. The molecule has 0 aromatic carbocycles. The summed E-state index contributed by atoms with van der Waals surface area (Å²) < 4.78 is 9.99. The van der Waals surface area contributed by atoms with E-state index in [1.165, 1.54) is 20.6 Å². The van der Waals surface area contributed by atoms with Crippen molar-refractivity contribution in [1.82, 2.24) is 0 Å². The average Bonchev–Trinajstić information content (AvgIpc) is 2.42. The Morgan fingerprint density at radius 3 is 2.36 bits per heavy atom. The van der Waals surface area contributed by atoms with Gasteiger partial charge in [-0.3, -0.25) is 4.79 Å². The van der Waals surface area contributed by atoms with E-state index < -0.39 is 0 Å². The van der Waals surface area contributed by atoms with Crippen LogP contribution in [0.4, 0.5) is 0 Å². The van der Waals surface area contributed by atoms with Crippen molar-refractivity contribution >= 4 is 11.9 Å². The maximum atomic E-state index is 12.5. The molecule has 0 amide bonds. The molecule has 0 heterocycles. The standard InChI is InChI=1S/C18H26O4/c1-12(14(19)21-3)5-17-7-13-6-16(2,9-17)10-18(8-13,11-17)15(20)22-4/h5,13H,6-11H2,1-4H3/b12-5+. The fourth-order valence-corrected chi connectivity index (χ4v) is 6.29. The molecule has 4 aliphatic carbocycles. The number of allylic oxidation sites excluding steroid dienone is 1. The zero-order valence-corrected chi connectivity index (χ0v) is 14.0. The molecule has 0 aromatic heterocycles. The van der Waals surface area contributed by atoms with E-state index in [2.05, 4.69) is 13.0 Å². The Kier molecular flexibility index (Phi) is 3.42. The Balaban J connectivity index is 2.00. The second-order valence-electron chi connectivity index (χ2n) is 8.27. The molecule has 4 bridgehead atoms. The third kappa shape index (κ3) is 2.27. The number of carbonyl (C=O) groups is 2. The number of ether oxygens (including phenoxy) is 2. The number of methoxy groups -OCH3 is 2. The zero-order chi connectivity index (χ0) is 16.2. The lowest BCUT2D eigenvalue weighted by atomic mass is 9.40. The summed E-state index contributed by atoms with van der Waals surface area (Å²) in [6.45, 7) is 4.11. The second-order valence-corrected chi connectivity index (χ2v) is 8.27. The molecule has 0 aliphatic heterocycles. The first-order valence-corrected chi connectivity index (χ1v) is 8.12. The van der Waals surface area contributed by atoms with Crippen LogP contribution in [0.5, 0.6) is 0 Å². The van der Waals surface area contributed by atoms with Crippen molar-refractivity contribution in [2.75, 3.05) is 14.2 Å². The van der Waals surface area contributed by atoms with Crippen molar-refractivity contribution < 1.29 is 19.1 Å². The monoisotopic (exact) mass is 306 g/mol. The Morgan fingerprint density at radius 2 is 1.77 bits per heavy atom. The van der Waals surface area contributed by atoms with Crippen LogP contribution in [-0.2, 0) is 19.1 Å². The van der Waals surface area contributed by atoms with Crippen LogP contribution >= 0.6 is 0 Å². The average molecular weight is 306 g/mol. The van der Waals surface area contributed by atoms with E-state index in [4.69, 9.17) is 9.47 Å². The van der Waals surface area contributed by atoms with Crippen molar-refractivity contribution in [2.24, 2.45) is 22.2 Å². The number of hydrogen-bond donors (Lipinski definition) is 0. The molecule has 0 radical (unpaired) electrons. The van der Waals surface area contributed by atoms with E-state index in [-0.39, 0.29) is 28.2 Å². The van der Waals surface area contributed by atoms with Gasteiger partial charge in [0.05, 0.1) is 19.6 Å². The molecule has 4 fully saturated rings. The molecule has 4 aliphatic rings. The van der Waals surface area contributed by atoms with Gasteiger partial charge >= 0.3 is 11.9 Å². The van der Waals surface area contributed by atoms with Gasteiger partial charge in [-0.05, 0) is 62.2 Å². The molecule has 4 atom stereocenters. The highest BCUT2D eigenvalue weighted by Crippen LogP contribution is 2.70. The third-order valence-corrected chi connectivity index (χ3v) is 6.04. The number of hydrogen-bond acceptors (Lipinski definition) is 4. The van der Waals surface area contributed by atoms with Crippen LogP contribution in [0.1, 0.15) is 52.4 Å². The van der Waals surface area contributed by atoms with Crippen molar-refractivity contribution in [3.63, 3.8) is 0 Å². The van der Waals surface area contributed by atoms with Crippen LogP contribution < -0.4 is 0 Å². The maximum Gasteiger partial charge on any atom is 0.333 e. The molecule has 0 N–H and O–H groups in total. The molecule has 0 aromatic rings. The minimum Gasteiger partial charge on any atom is -0.469 e. The fourth-order valence-electron chi connectivity index (χ4n) is 6.29. The van der Waals surface area contributed by atoms with Crippen molar-refractivity contribution in [3.8, 4) is 0 Å². The summed E-state index contributed by atoms with van der Waals surface area (Å²) in [5.74, 6) is 0.228. The minimum atomic E-state index is -0.351. The molecule has 0 spiro atoms. The number of esters is 2. The molecule has 22 heavy (non-hydrogen) atoms. The van der Waals surface area contributed by atoms with Crippen LogP contribution in [0.3, 0.4) is 0 Å². The lowest BCUT2D eigenvalue weighted by Gasteiger charge is -2.64. The SMILES string of the molecule is COC(=O)/C(C)=C/C12CC3CC(C)(C1)CC(C(=O)OC)(C3)C2. The van der Waals surface area contributed by atoms with Gasteiger partial charge in [-0.25, -0.2) is 4.79 Å². The Morgan fingerprint density at radius 1 is 1.05 bits per heavy atom. The molecule has 4 unspecified atom stereocenters. The predicted molar refractivity (Wildman–Crippen MR) is 82.0 cm³/mol. The molecule has 4 heteroatoms. The van der Waals surface area contributed by atoms with E-state index in [1.807, 2.05) is 6.92 Å². The molecule has 0 saturated heterocycles. The molecule has 4 nitrogen and oxygen atoms in total. The van der Waals surface area contributed by atoms with Crippen molar-refractivity contribution in [3.05, 3.63) is 11.6 Å². The molecular weight excluding hydrogens is 280 g/mol. The topological polar surface area (TPSA) is 52.6 Å². The first kappa shape index (κ1) is 15.6. The van der Waals surface area contributed by atoms with Crippen LogP contribution in [-0.4, -0.2) is 26.2 Å². The van der Waals surface area contributed by atoms with E-state index in [9.17, 15) is 9.59 Å². The number of carbonyl (C=O) groups excluding carboxylic acids is 2. The molecule has 4 saturated carbocycles. The van der Waals surface area contributed by atoms with Gasteiger partial charge in [0.1, 0.15) is 0 Å². The minimum absolute atomic E-state index is 0.0549. The Labute approximate surface area is 132 Å². The van der Waals surface area contributed by atoms with Gasteiger partial charge < -0.3 is 9.47 Å². The molecule has 122 valence electrons. The van der Waals surface area contributed by atoms with E-state index >= 15 is 0 Å². The van der Waals surface area contributed by atoms with Gasteiger partial charge in [-0.15, -0.1) is 0 Å². The quantitative estimate of drug-likeness (QED) is 0.593. The fraction of sp³-hybridized carbons (Fsp3) is 0.778. The van der Waals surface area contributed by atoms with Gasteiger partial charge in [-0.1, -0.05) is 13.0 Å². The van der Waals surface area contributed by atoms with Gasteiger partial charge in [-0.2, -0.15) is 0 Å². The summed E-state index contributed by atoms with van der Waals surface area (Å²) in [5.41, 5.74) is 0.435. The normalized spacial score (nSPS) is 43.1. The summed E-state index contributed by atoms with van der Waals surface area (Å²) >= 11 is 0. The lowest BCUT2D eigenvalue weighted by Crippen LogP contribution is -2.58. The summed E-state index contributed by atoms with van der Waals surface area (Å²) in [7, 11) is 2.90. The highest BCUT2D eigenvalue weighted by atomic mass is 16.5. The zero-order valence-electron chi connectivity index (χ0n) is 14.0. The van der Waals surface area contributed by atoms with E-state index in [1.54, 1.807) is 0 Å². The smallest absolute Gasteiger partial charge is 0.333 e. The van der Waals surface area contributed by atoms with Crippen molar-refractivity contribution in [2.45, 2.75) is 52.4 Å². The van der Waals surface area contributed by atoms with E-state index in [0.29, 0.717) is 11.5 Å². The highest BCUT2D eigenvalue weighted by molar-refractivity contribution is 5.87. The third-order valence-electron chi connectivity index (χ3n) is 6.04.